The topological polar surface area (TPSA) is 70.4 Å². The van der Waals surface area contributed by atoms with E-state index >= 15 is 0 Å². The van der Waals surface area contributed by atoms with Crippen LogP contribution in [0, 0.1) is 0 Å². The van der Waals surface area contributed by atoms with E-state index in [9.17, 15) is 15.0 Å². The predicted octanol–water partition coefficient (Wildman–Crippen LogP) is 1.80. The lowest BCUT2D eigenvalue weighted by molar-refractivity contribution is -0.109. The van der Waals surface area contributed by atoms with Crippen molar-refractivity contribution >= 4 is 28.5 Å². The van der Waals surface area contributed by atoms with Crippen molar-refractivity contribution in [2.75, 3.05) is 5.75 Å². The molecule has 0 saturated carbocycles. The Morgan fingerprint density at radius 3 is 2.88 bits per heavy atom. The SMILES string of the molecule is CC(=O)SCCC(O)C(O)c1cnccc1Cl. The van der Waals surface area contributed by atoms with Crippen LogP contribution in [0.4, 0.5) is 0 Å². The second kappa shape index (κ2) is 6.96. The van der Waals surface area contributed by atoms with Crippen LogP contribution in [-0.2, 0) is 4.79 Å². The van der Waals surface area contributed by atoms with Crippen LogP contribution in [0.3, 0.4) is 0 Å². The summed E-state index contributed by atoms with van der Waals surface area (Å²) in [5.41, 5.74) is 0.398. The molecule has 17 heavy (non-hydrogen) atoms. The highest BCUT2D eigenvalue weighted by Gasteiger charge is 2.20. The van der Waals surface area contributed by atoms with Gasteiger partial charge in [-0.25, -0.2) is 0 Å². The molecule has 1 heterocycles. The van der Waals surface area contributed by atoms with Gasteiger partial charge in [0.15, 0.2) is 5.12 Å². The molecule has 2 atom stereocenters. The highest BCUT2D eigenvalue weighted by atomic mass is 35.5. The Morgan fingerprint density at radius 2 is 2.29 bits per heavy atom. The van der Waals surface area contributed by atoms with E-state index in [2.05, 4.69) is 4.98 Å². The maximum atomic E-state index is 10.7. The fourth-order valence-corrected chi connectivity index (χ4v) is 2.16. The number of hydrogen-bond acceptors (Lipinski definition) is 5. The molecule has 0 radical (unpaired) electrons. The Labute approximate surface area is 109 Å². The minimum absolute atomic E-state index is 0.00824. The van der Waals surface area contributed by atoms with E-state index in [-0.39, 0.29) is 5.12 Å². The third-order valence-electron chi connectivity index (χ3n) is 2.20. The van der Waals surface area contributed by atoms with Gasteiger partial charge in [0.05, 0.1) is 6.10 Å². The van der Waals surface area contributed by atoms with Gasteiger partial charge in [-0.3, -0.25) is 9.78 Å². The molecule has 94 valence electrons. The van der Waals surface area contributed by atoms with Crippen molar-refractivity contribution in [2.24, 2.45) is 0 Å². The Bertz CT molecular complexity index is 389. The zero-order chi connectivity index (χ0) is 12.8. The molecule has 6 heteroatoms. The van der Waals surface area contributed by atoms with Crippen LogP contribution < -0.4 is 0 Å². The predicted molar refractivity (Wildman–Crippen MR) is 68.0 cm³/mol. The summed E-state index contributed by atoms with van der Waals surface area (Å²) in [5, 5.41) is 20.0. The number of rotatable bonds is 5. The number of hydrogen-bond donors (Lipinski definition) is 2. The first-order valence-corrected chi connectivity index (χ1v) is 6.47. The maximum absolute atomic E-state index is 10.7. The van der Waals surface area contributed by atoms with E-state index in [0.29, 0.717) is 22.8 Å². The molecule has 4 nitrogen and oxygen atoms in total. The Morgan fingerprint density at radius 1 is 1.59 bits per heavy atom. The van der Waals surface area contributed by atoms with Gasteiger partial charge in [0.1, 0.15) is 6.10 Å². The second-order valence-electron chi connectivity index (χ2n) is 3.54. The highest BCUT2D eigenvalue weighted by molar-refractivity contribution is 8.13. The molecule has 0 fully saturated rings. The van der Waals surface area contributed by atoms with Crippen LogP contribution in [0.2, 0.25) is 5.02 Å². The van der Waals surface area contributed by atoms with Gasteiger partial charge in [-0.05, 0) is 12.5 Å². The van der Waals surface area contributed by atoms with Crippen molar-refractivity contribution in [2.45, 2.75) is 25.6 Å². The van der Waals surface area contributed by atoms with Crippen molar-refractivity contribution in [1.82, 2.24) is 4.98 Å². The summed E-state index contributed by atoms with van der Waals surface area (Å²) < 4.78 is 0. The summed E-state index contributed by atoms with van der Waals surface area (Å²) in [4.78, 5) is 14.5. The largest absolute Gasteiger partial charge is 0.390 e. The third kappa shape index (κ3) is 4.63. The lowest BCUT2D eigenvalue weighted by atomic mass is 10.0. The Balaban J connectivity index is 2.55. The molecule has 2 N–H and O–H groups in total. The average Bonchev–Trinajstić information content (AvgIpc) is 2.28. The van der Waals surface area contributed by atoms with E-state index in [1.165, 1.54) is 19.3 Å². The number of aliphatic hydroxyl groups is 2. The number of aliphatic hydroxyl groups excluding tert-OH is 2. The van der Waals surface area contributed by atoms with Crippen LogP contribution >= 0.6 is 23.4 Å². The van der Waals surface area contributed by atoms with E-state index in [1.807, 2.05) is 0 Å². The van der Waals surface area contributed by atoms with E-state index in [1.54, 1.807) is 6.07 Å². The summed E-state index contributed by atoms with van der Waals surface area (Å²) in [6, 6.07) is 1.55. The summed E-state index contributed by atoms with van der Waals surface area (Å²) in [7, 11) is 0. The smallest absolute Gasteiger partial charge is 0.185 e. The third-order valence-corrected chi connectivity index (χ3v) is 3.39. The molecule has 0 aliphatic heterocycles. The highest BCUT2D eigenvalue weighted by Crippen LogP contribution is 2.25. The van der Waals surface area contributed by atoms with Gasteiger partial charge in [0.2, 0.25) is 0 Å². The number of halogens is 1. The molecule has 0 aliphatic rings. The fraction of sp³-hybridized carbons (Fsp3) is 0.455. The summed E-state index contributed by atoms with van der Waals surface area (Å²) in [6.45, 7) is 1.46. The van der Waals surface area contributed by atoms with Crippen LogP contribution in [-0.4, -0.2) is 32.2 Å². The summed E-state index contributed by atoms with van der Waals surface area (Å²) in [5.74, 6) is 0.464. The van der Waals surface area contributed by atoms with Crippen molar-refractivity contribution in [3.05, 3.63) is 29.0 Å². The monoisotopic (exact) mass is 275 g/mol. The van der Waals surface area contributed by atoms with Crippen LogP contribution in [0.5, 0.6) is 0 Å². The quantitative estimate of drug-likeness (QED) is 0.857. The number of aromatic nitrogens is 1. The zero-order valence-corrected chi connectivity index (χ0v) is 10.9. The summed E-state index contributed by atoms with van der Waals surface area (Å²) >= 11 is 7.00. The molecule has 1 aromatic heterocycles. The van der Waals surface area contributed by atoms with Crippen molar-refractivity contribution < 1.29 is 15.0 Å². The van der Waals surface area contributed by atoms with Gasteiger partial charge < -0.3 is 10.2 Å². The van der Waals surface area contributed by atoms with E-state index < -0.39 is 12.2 Å². The standard InChI is InChI=1S/C11H14ClNO3S/c1-7(14)17-5-3-10(15)11(16)8-6-13-4-2-9(8)12/h2,4,6,10-11,15-16H,3,5H2,1H3. The molecule has 0 aliphatic carbocycles. The van der Waals surface area contributed by atoms with Crippen LogP contribution in [0.25, 0.3) is 0 Å². The fourth-order valence-electron chi connectivity index (χ4n) is 1.30. The number of carbonyl (C=O) groups excluding carboxylic acids is 1. The molecule has 1 aromatic rings. The van der Waals surface area contributed by atoms with Gasteiger partial charge in [0, 0.05) is 35.7 Å². The first kappa shape index (κ1) is 14.4. The van der Waals surface area contributed by atoms with E-state index in [0.717, 1.165) is 11.8 Å². The first-order valence-electron chi connectivity index (χ1n) is 5.11. The lowest BCUT2D eigenvalue weighted by Crippen LogP contribution is -2.19. The molecule has 0 amide bonds. The van der Waals surface area contributed by atoms with Gasteiger partial charge in [-0.2, -0.15) is 0 Å². The van der Waals surface area contributed by atoms with Gasteiger partial charge >= 0.3 is 0 Å². The van der Waals surface area contributed by atoms with Gasteiger partial charge in [0.25, 0.3) is 0 Å². The molecule has 1 rings (SSSR count). The minimum atomic E-state index is -1.08. The summed E-state index contributed by atoms with van der Waals surface area (Å²) in [6.07, 6.45) is 1.22. The van der Waals surface area contributed by atoms with Crippen molar-refractivity contribution in [3.63, 3.8) is 0 Å². The molecule has 0 spiro atoms. The zero-order valence-electron chi connectivity index (χ0n) is 9.34. The van der Waals surface area contributed by atoms with Crippen LogP contribution in [0.1, 0.15) is 25.0 Å². The minimum Gasteiger partial charge on any atom is -0.390 e. The molecular formula is C11H14ClNO3S. The molecule has 0 bridgehead atoms. The first-order chi connectivity index (χ1) is 8.02. The molecule has 0 saturated heterocycles. The normalized spacial score (nSPS) is 14.4. The van der Waals surface area contributed by atoms with E-state index in [4.69, 9.17) is 11.6 Å². The van der Waals surface area contributed by atoms with Crippen molar-refractivity contribution in [3.8, 4) is 0 Å². The molecule has 0 aromatic carbocycles. The average molecular weight is 276 g/mol. The second-order valence-corrected chi connectivity index (χ2v) is 5.22. The van der Waals surface area contributed by atoms with Gasteiger partial charge in [-0.15, -0.1) is 0 Å². The Kier molecular flexibility index (Phi) is 5.91. The molecular weight excluding hydrogens is 262 g/mol. The number of carbonyl (C=O) groups is 1. The Hall–Kier alpha value is -0.620. The number of nitrogens with zero attached hydrogens (tertiary/aromatic N) is 1. The lowest BCUT2D eigenvalue weighted by Gasteiger charge is -2.18. The number of thioether (sulfide) groups is 1. The van der Waals surface area contributed by atoms with Crippen LogP contribution in [0.15, 0.2) is 18.5 Å². The van der Waals surface area contributed by atoms with Crippen molar-refractivity contribution in [1.29, 1.82) is 0 Å². The van der Waals surface area contributed by atoms with Gasteiger partial charge in [-0.1, -0.05) is 23.4 Å². The number of pyridine rings is 1. The molecule has 2 unspecified atom stereocenters. The maximum Gasteiger partial charge on any atom is 0.185 e.